The largest absolute Gasteiger partial charge is 0.369 e. The molecule has 0 aliphatic heterocycles. The lowest BCUT2D eigenvalue weighted by Crippen LogP contribution is -2.00. The molecule has 0 spiro atoms. The van der Waals surface area contributed by atoms with E-state index in [2.05, 4.69) is 29.4 Å². The Kier molecular flexibility index (Phi) is 4.02. The number of nitrogens with one attached hydrogen (secondary N) is 1. The van der Waals surface area contributed by atoms with Gasteiger partial charge in [0, 0.05) is 11.8 Å². The monoisotopic (exact) mass is 197 g/mol. The molecule has 0 aliphatic rings. The molecule has 1 heterocycles. The zero-order chi connectivity index (χ0) is 9.68. The first-order valence-electron chi connectivity index (χ1n) is 4.46. The molecule has 13 heavy (non-hydrogen) atoms. The zero-order valence-electron chi connectivity index (χ0n) is 8.24. The fourth-order valence-electron chi connectivity index (χ4n) is 0.900. The minimum atomic E-state index is 0.555. The highest BCUT2D eigenvalue weighted by atomic mass is 32.2. The van der Waals surface area contributed by atoms with Crippen LogP contribution in [0.25, 0.3) is 0 Å². The van der Waals surface area contributed by atoms with Gasteiger partial charge >= 0.3 is 0 Å². The predicted octanol–water partition coefficient (Wildman–Crippen LogP) is 2.41. The second-order valence-electron chi connectivity index (χ2n) is 2.95. The summed E-state index contributed by atoms with van der Waals surface area (Å²) in [4.78, 5) is 0. The molecule has 1 aromatic rings. The lowest BCUT2D eigenvalue weighted by Gasteiger charge is -2.04. The van der Waals surface area contributed by atoms with Crippen molar-refractivity contribution in [3.05, 3.63) is 12.1 Å². The molecule has 0 unspecified atom stereocenters. The lowest BCUT2D eigenvalue weighted by molar-refractivity contribution is 0.919. The standard InChI is InChI=1S/C9H15N3S/c1-4-10-8-5-6-9(12-11-8)13-7(2)3/h5-7H,4H2,1-3H3,(H,10,11). The van der Waals surface area contributed by atoms with Crippen molar-refractivity contribution in [2.75, 3.05) is 11.9 Å². The number of nitrogens with zero attached hydrogens (tertiary/aromatic N) is 2. The molecule has 0 amide bonds. The van der Waals surface area contributed by atoms with E-state index in [4.69, 9.17) is 0 Å². The minimum absolute atomic E-state index is 0.555. The Balaban J connectivity index is 2.59. The van der Waals surface area contributed by atoms with Gasteiger partial charge in [0.15, 0.2) is 0 Å². The molecule has 1 rings (SSSR count). The molecule has 1 aromatic heterocycles. The second kappa shape index (κ2) is 5.07. The van der Waals surface area contributed by atoms with E-state index >= 15 is 0 Å². The third kappa shape index (κ3) is 3.63. The van der Waals surface area contributed by atoms with Crippen LogP contribution in [-0.4, -0.2) is 22.0 Å². The van der Waals surface area contributed by atoms with Gasteiger partial charge in [-0.25, -0.2) is 0 Å². The van der Waals surface area contributed by atoms with Gasteiger partial charge in [0.05, 0.1) is 0 Å². The van der Waals surface area contributed by atoms with Crippen LogP contribution >= 0.6 is 11.8 Å². The van der Waals surface area contributed by atoms with Crippen LogP contribution in [-0.2, 0) is 0 Å². The van der Waals surface area contributed by atoms with E-state index in [0.717, 1.165) is 17.4 Å². The Hall–Kier alpha value is -0.770. The van der Waals surface area contributed by atoms with Gasteiger partial charge in [0.2, 0.25) is 0 Å². The molecular formula is C9H15N3S. The van der Waals surface area contributed by atoms with Crippen LogP contribution in [0.15, 0.2) is 17.2 Å². The fourth-order valence-corrected chi connectivity index (χ4v) is 1.62. The van der Waals surface area contributed by atoms with Gasteiger partial charge in [-0.3, -0.25) is 0 Å². The number of rotatable bonds is 4. The summed E-state index contributed by atoms with van der Waals surface area (Å²) < 4.78 is 0. The summed E-state index contributed by atoms with van der Waals surface area (Å²) in [5, 5.41) is 12.8. The predicted molar refractivity (Wildman–Crippen MR) is 57.2 cm³/mol. The summed E-state index contributed by atoms with van der Waals surface area (Å²) in [5.74, 6) is 0.843. The molecule has 0 aromatic carbocycles. The van der Waals surface area contributed by atoms with Gasteiger partial charge in [0.1, 0.15) is 10.8 Å². The van der Waals surface area contributed by atoms with E-state index in [1.165, 1.54) is 0 Å². The molecule has 0 aliphatic carbocycles. The Morgan fingerprint density at radius 2 is 2.15 bits per heavy atom. The van der Waals surface area contributed by atoms with Crippen LogP contribution in [0.5, 0.6) is 0 Å². The molecule has 0 fully saturated rings. The summed E-state index contributed by atoms with van der Waals surface area (Å²) >= 11 is 1.72. The van der Waals surface area contributed by atoms with Crippen LogP contribution in [0, 0.1) is 0 Å². The first kappa shape index (κ1) is 10.3. The van der Waals surface area contributed by atoms with Gasteiger partial charge in [-0.05, 0) is 19.1 Å². The number of hydrogen-bond donors (Lipinski definition) is 1. The van der Waals surface area contributed by atoms with E-state index in [-0.39, 0.29) is 0 Å². The quantitative estimate of drug-likeness (QED) is 0.752. The van der Waals surface area contributed by atoms with Gasteiger partial charge in [-0.15, -0.1) is 22.0 Å². The topological polar surface area (TPSA) is 37.8 Å². The number of hydrogen-bond acceptors (Lipinski definition) is 4. The first-order valence-corrected chi connectivity index (χ1v) is 5.34. The number of aromatic nitrogens is 2. The summed E-state index contributed by atoms with van der Waals surface area (Å²) in [6, 6.07) is 3.96. The van der Waals surface area contributed by atoms with E-state index < -0.39 is 0 Å². The Morgan fingerprint density at radius 3 is 2.62 bits per heavy atom. The van der Waals surface area contributed by atoms with Crippen molar-refractivity contribution < 1.29 is 0 Å². The summed E-state index contributed by atoms with van der Waals surface area (Å²) in [6.45, 7) is 7.21. The van der Waals surface area contributed by atoms with E-state index in [0.29, 0.717) is 5.25 Å². The van der Waals surface area contributed by atoms with Crippen molar-refractivity contribution >= 4 is 17.6 Å². The molecule has 72 valence electrons. The Morgan fingerprint density at radius 1 is 1.38 bits per heavy atom. The van der Waals surface area contributed by atoms with Crippen LogP contribution in [0.3, 0.4) is 0 Å². The van der Waals surface area contributed by atoms with Crippen molar-refractivity contribution in [2.45, 2.75) is 31.0 Å². The zero-order valence-corrected chi connectivity index (χ0v) is 9.06. The van der Waals surface area contributed by atoms with E-state index in [1.54, 1.807) is 11.8 Å². The van der Waals surface area contributed by atoms with Gasteiger partial charge in [-0.1, -0.05) is 13.8 Å². The maximum absolute atomic E-state index is 4.09. The van der Waals surface area contributed by atoms with Crippen molar-refractivity contribution in [2.24, 2.45) is 0 Å². The van der Waals surface area contributed by atoms with Crippen LogP contribution < -0.4 is 5.32 Å². The Bertz CT molecular complexity index is 246. The first-order chi connectivity index (χ1) is 6.22. The summed E-state index contributed by atoms with van der Waals surface area (Å²) in [6.07, 6.45) is 0. The smallest absolute Gasteiger partial charge is 0.148 e. The maximum Gasteiger partial charge on any atom is 0.148 e. The highest BCUT2D eigenvalue weighted by molar-refractivity contribution is 7.99. The normalized spacial score (nSPS) is 10.5. The molecule has 1 N–H and O–H groups in total. The lowest BCUT2D eigenvalue weighted by atomic mass is 10.5. The molecule has 0 saturated carbocycles. The van der Waals surface area contributed by atoms with Gasteiger partial charge < -0.3 is 5.32 Å². The summed E-state index contributed by atoms with van der Waals surface area (Å²) in [7, 11) is 0. The van der Waals surface area contributed by atoms with Crippen molar-refractivity contribution in [3.63, 3.8) is 0 Å². The maximum atomic E-state index is 4.09. The van der Waals surface area contributed by atoms with Gasteiger partial charge in [0.25, 0.3) is 0 Å². The second-order valence-corrected chi connectivity index (χ2v) is 4.55. The Labute approximate surface area is 83.3 Å². The average molecular weight is 197 g/mol. The van der Waals surface area contributed by atoms with Crippen LogP contribution in [0.2, 0.25) is 0 Å². The molecule has 0 saturated heterocycles. The molecule has 3 nitrogen and oxygen atoms in total. The van der Waals surface area contributed by atoms with Crippen molar-refractivity contribution in [1.82, 2.24) is 10.2 Å². The molecule has 0 atom stereocenters. The fraction of sp³-hybridized carbons (Fsp3) is 0.556. The third-order valence-corrected chi connectivity index (χ3v) is 2.29. The molecule has 0 bridgehead atoms. The molecule has 4 heteroatoms. The highest BCUT2D eigenvalue weighted by Crippen LogP contribution is 2.19. The molecular weight excluding hydrogens is 182 g/mol. The van der Waals surface area contributed by atoms with E-state index in [1.807, 2.05) is 19.1 Å². The van der Waals surface area contributed by atoms with Crippen LogP contribution in [0.1, 0.15) is 20.8 Å². The van der Waals surface area contributed by atoms with E-state index in [9.17, 15) is 0 Å². The number of anilines is 1. The third-order valence-electron chi connectivity index (χ3n) is 1.35. The average Bonchev–Trinajstić information content (AvgIpc) is 2.08. The van der Waals surface area contributed by atoms with Crippen LogP contribution in [0.4, 0.5) is 5.82 Å². The van der Waals surface area contributed by atoms with Crippen molar-refractivity contribution in [3.8, 4) is 0 Å². The summed E-state index contributed by atoms with van der Waals surface area (Å²) in [5.41, 5.74) is 0. The van der Waals surface area contributed by atoms with Crippen molar-refractivity contribution in [1.29, 1.82) is 0 Å². The minimum Gasteiger partial charge on any atom is -0.369 e. The number of thioether (sulfide) groups is 1. The molecule has 0 radical (unpaired) electrons. The van der Waals surface area contributed by atoms with Gasteiger partial charge in [-0.2, -0.15) is 0 Å². The SMILES string of the molecule is CCNc1ccc(SC(C)C)nn1. The highest BCUT2D eigenvalue weighted by Gasteiger charge is 2.00.